The highest BCUT2D eigenvalue weighted by Crippen LogP contribution is 2.28. The van der Waals surface area contributed by atoms with E-state index >= 15 is 0 Å². The normalized spacial score (nSPS) is 16.0. The summed E-state index contributed by atoms with van der Waals surface area (Å²) in [7, 11) is 0. The molecule has 2 N–H and O–H groups in total. The fourth-order valence-corrected chi connectivity index (χ4v) is 3.17. The number of hydrogen-bond donors (Lipinski definition) is 2. The van der Waals surface area contributed by atoms with Crippen molar-refractivity contribution in [3.63, 3.8) is 0 Å². The summed E-state index contributed by atoms with van der Waals surface area (Å²) in [6.45, 7) is 0. The van der Waals surface area contributed by atoms with E-state index in [0.717, 1.165) is 28.0 Å². The standard InChI is InChI=1S/C17H19N5/c1-2-4-13(5-3-1)20-17-14-10-12(6-7-15(14)21-22-17)16-11-18-8-9-19-16/h6-11,13H,1-5H2,(H2,20,21,22). The largest absolute Gasteiger partial charge is 0.365 e. The Kier molecular flexibility index (Phi) is 3.46. The van der Waals surface area contributed by atoms with Crippen LogP contribution in [0.5, 0.6) is 0 Å². The summed E-state index contributed by atoms with van der Waals surface area (Å²) < 4.78 is 0. The van der Waals surface area contributed by atoms with Crippen molar-refractivity contribution in [3.05, 3.63) is 36.8 Å². The molecular weight excluding hydrogens is 274 g/mol. The first-order valence-electron chi connectivity index (χ1n) is 7.91. The molecule has 0 radical (unpaired) electrons. The van der Waals surface area contributed by atoms with Crippen molar-refractivity contribution in [3.8, 4) is 11.3 Å². The number of aromatic amines is 1. The Morgan fingerprint density at radius 2 is 2.00 bits per heavy atom. The molecule has 112 valence electrons. The van der Waals surface area contributed by atoms with Gasteiger partial charge in [0.25, 0.3) is 0 Å². The third-order valence-corrected chi connectivity index (χ3v) is 4.37. The van der Waals surface area contributed by atoms with Gasteiger partial charge in [-0.1, -0.05) is 25.3 Å². The molecule has 4 rings (SSSR count). The number of nitrogens with zero attached hydrogens (tertiary/aromatic N) is 3. The maximum Gasteiger partial charge on any atom is 0.155 e. The number of benzene rings is 1. The van der Waals surface area contributed by atoms with Crippen LogP contribution in [-0.4, -0.2) is 26.2 Å². The second-order valence-corrected chi connectivity index (χ2v) is 5.90. The van der Waals surface area contributed by atoms with Gasteiger partial charge in [0, 0.05) is 29.4 Å². The molecule has 5 heteroatoms. The molecule has 0 bridgehead atoms. The van der Waals surface area contributed by atoms with E-state index in [4.69, 9.17) is 0 Å². The lowest BCUT2D eigenvalue weighted by molar-refractivity contribution is 0.462. The summed E-state index contributed by atoms with van der Waals surface area (Å²) in [4.78, 5) is 8.52. The van der Waals surface area contributed by atoms with Gasteiger partial charge in [-0.25, -0.2) is 0 Å². The van der Waals surface area contributed by atoms with Crippen molar-refractivity contribution in [2.45, 2.75) is 38.1 Å². The molecule has 0 aliphatic heterocycles. The molecule has 1 aliphatic rings. The summed E-state index contributed by atoms with van der Waals surface area (Å²) in [6.07, 6.45) is 11.6. The van der Waals surface area contributed by atoms with Crippen molar-refractivity contribution < 1.29 is 0 Å². The molecule has 0 atom stereocenters. The number of fused-ring (bicyclic) bond motifs is 1. The minimum absolute atomic E-state index is 0.542. The van der Waals surface area contributed by atoms with E-state index in [2.05, 4.69) is 43.7 Å². The summed E-state index contributed by atoms with van der Waals surface area (Å²) in [5.74, 6) is 0.952. The Morgan fingerprint density at radius 3 is 2.82 bits per heavy atom. The lowest BCUT2D eigenvalue weighted by Crippen LogP contribution is -2.22. The molecule has 2 aromatic heterocycles. The van der Waals surface area contributed by atoms with Gasteiger partial charge in [-0.15, -0.1) is 0 Å². The molecule has 1 saturated carbocycles. The van der Waals surface area contributed by atoms with E-state index in [1.54, 1.807) is 18.6 Å². The van der Waals surface area contributed by atoms with Crippen LogP contribution in [0.2, 0.25) is 0 Å². The fraction of sp³-hybridized carbons (Fsp3) is 0.353. The van der Waals surface area contributed by atoms with Gasteiger partial charge in [0.15, 0.2) is 5.82 Å². The van der Waals surface area contributed by atoms with Crippen LogP contribution in [-0.2, 0) is 0 Å². The molecule has 22 heavy (non-hydrogen) atoms. The molecule has 1 aromatic carbocycles. The quantitative estimate of drug-likeness (QED) is 0.771. The van der Waals surface area contributed by atoms with E-state index < -0.39 is 0 Å². The lowest BCUT2D eigenvalue weighted by Gasteiger charge is -2.22. The average molecular weight is 293 g/mol. The molecular formula is C17H19N5. The van der Waals surface area contributed by atoms with Crippen molar-refractivity contribution in [2.75, 3.05) is 5.32 Å². The molecule has 2 heterocycles. The molecule has 0 amide bonds. The number of rotatable bonds is 3. The van der Waals surface area contributed by atoms with Crippen LogP contribution >= 0.6 is 0 Å². The van der Waals surface area contributed by atoms with Crippen molar-refractivity contribution in [1.29, 1.82) is 0 Å². The third kappa shape index (κ3) is 2.54. The van der Waals surface area contributed by atoms with Gasteiger partial charge in [0.2, 0.25) is 0 Å². The molecule has 0 saturated heterocycles. The molecule has 5 nitrogen and oxygen atoms in total. The topological polar surface area (TPSA) is 66.5 Å². The van der Waals surface area contributed by atoms with Gasteiger partial charge in [0.05, 0.1) is 17.4 Å². The van der Waals surface area contributed by atoms with Crippen molar-refractivity contribution >= 4 is 16.7 Å². The monoisotopic (exact) mass is 293 g/mol. The smallest absolute Gasteiger partial charge is 0.155 e. The predicted molar refractivity (Wildman–Crippen MR) is 87.6 cm³/mol. The number of nitrogens with one attached hydrogen (secondary N) is 2. The Morgan fingerprint density at radius 1 is 1.09 bits per heavy atom. The van der Waals surface area contributed by atoms with Crippen LogP contribution in [0, 0.1) is 0 Å². The average Bonchev–Trinajstić information content (AvgIpc) is 2.99. The van der Waals surface area contributed by atoms with Crippen LogP contribution < -0.4 is 5.32 Å². The SMILES string of the molecule is c1cnc(-c2ccc3[nH]nc(NC4CCCCC4)c3c2)cn1. The first-order valence-corrected chi connectivity index (χ1v) is 7.91. The highest BCUT2D eigenvalue weighted by molar-refractivity contribution is 5.92. The fourth-order valence-electron chi connectivity index (χ4n) is 3.17. The Balaban J connectivity index is 1.67. The van der Waals surface area contributed by atoms with E-state index in [0.29, 0.717) is 6.04 Å². The third-order valence-electron chi connectivity index (χ3n) is 4.37. The number of anilines is 1. The number of hydrogen-bond acceptors (Lipinski definition) is 4. The molecule has 1 aliphatic carbocycles. The molecule has 0 spiro atoms. The second kappa shape index (κ2) is 5.75. The highest BCUT2D eigenvalue weighted by atomic mass is 15.2. The van der Waals surface area contributed by atoms with Gasteiger partial charge < -0.3 is 5.32 Å². The second-order valence-electron chi connectivity index (χ2n) is 5.90. The van der Waals surface area contributed by atoms with Gasteiger partial charge in [-0.3, -0.25) is 15.1 Å². The lowest BCUT2D eigenvalue weighted by atomic mass is 9.95. The summed E-state index contributed by atoms with van der Waals surface area (Å²) in [5, 5.41) is 12.3. The predicted octanol–water partition coefficient (Wildman–Crippen LogP) is 3.76. The van der Waals surface area contributed by atoms with Crippen LogP contribution in [0.3, 0.4) is 0 Å². The van der Waals surface area contributed by atoms with Crippen LogP contribution in [0.1, 0.15) is 32.1 Å². The Hall–Kier alpha value is -2.43. The van der Waals surface area contributed by atoms with Gasteiger partial charge in [-0.2, -0.15) is 5.10 Å². The Labute approximate surface area is 129 Å². The maximum atomic E-state index is 4.45. The number of aromatic nitrogens is 4. The minimum Gasteiger partial charge on any atom is -0.365 e. The van der Waals surface area contributed by atoms with E-state index in [1.807, 2.05) is 0 Å². The summed E-state index contributed by atoms with van der Waals surface area (Å²) in [5.41, 5.74) is 2.99. The zero-order chi connectivity index (χ0) is 14.8. The molecule has 1 fully saturated rings. The first-order chi connectivity index (χ1) is 10.9. The highest BCUT2D eigenvalue weighted by Gasteiger charge is 2.16. The van der Waals surface area contributed by atoms with E-state index in [9.17, 15) is 0 Å². The van der Waals surface area contributed by atoms with Crippen LogP contribution in [0.25, 0.3) is 22.2 Å². The van der Waals surface area contributed by atoms with Crippen molar-refractivity contribution in [1.82, 2.24) is 20.2 Å². The van der Waals surface area contributed by atoms with Gasteiger partial charge in [0.1, 0.15) is 0 Å². The van der Waals surface area contributed by atoms with Crippen LogP contribution in [0.4, 0.5) is 5.82 Å². The van der Waals surface area contributed by atoms with E-state index in [1.165, 1.54) is 32.1 Å². The summed E-state index contributed by atoms with van der Waals surface area (Å²) >= 11 is 0. The molecule has 0 unspecified atom stereocenters. The molecule has 3 aromatic rings. The zero-order valence-corrected chi connectivity index (χ0v) is 12.4. The van der Waals surface area contributed by atoms with Crippen molar-refractivity contribution in [2.24, 2.45) is 0 Å². The first kappa shape index (κ1) is 13.2. The summed E-state index contributed by atoms with van der Waals surface area (Å²) in [6, 6.07) is 6.78. The zero-order valence-electron chi connectivity index (χ0n) is 12.4. The van der Waals surface area contributed by atoms with Crippen LogP contribution in [0.15, 0.2) is 36.8 Å². The van der Waals surface area contributed by atoms with Gasteiger partial charge >= 0.3 is 0 Å². The van der Waals surface area contributed by atoms with E-state index in [-0.39, 0.29) is 0 Å². The maximum absolute atomic E-state index is 4.45. The Bertz CT molecular complexity index is 759. The number of H-pyrrole nitrogens is 1. The van der Waals surface area contributed by atoms with Gasteiger partial charge in [-0.05, 0) is 25.0 Å². The minimum atomic E-state index is 0.542.